The van der Waals surface area contributed by atoms with Crippen molar-refractivity contribution in [2.24, 2.45) is 0 Å². The second-order valence-corrected chi connectivity index (χ2v) is 6.23. The largest absolute Gasteiger partial charge is 0.485 e. The Morgan fingerprint density at radius 1 is 1.35 bits per heavy atom. The van der Waals surface area contributed by atoms with Crippen LogP contribution in [0.1, 0.15) is 52.3 Å². The Hall–Kier alpha value is -3.09. The minimum absolute atomic E-state index is 0.0436. The maximum absolute atomic E-state index is 12.8. The molecule has 2 heterocycles. The Balaban J connectivity index is 1.48. The number of nitrogens with zero attached hydrogens (tertiary/aromatic N) is 2. The van der Waals surface area contributed by atoms with Crippen molar-refractivity contribution >= 4 is 5.91 Å². The number of hydrogen-bond donors (Lipinski definition) is 1. The summed E-state index contributed by atoms with van der Waals surface area (Å²) in [5.74, 6) is 2.18. The molecule has 1 aliphatic carbocycles. The molecule has 2 aromatic heterocycles. The van der Waals surface area contributed by atoms with Gasteiger partial charge in [-0.05, 0) is 31.0 Å². The summed E-state index contributed by atoms with van der Waals surface area (Å²) >= 11 is 0. The lowest BCUT2D eigenvalue weighted by Crippen LogP contribution is -2.30. The van der Waals surface area contributed by atoms with Crippen molar-refractivity contribution < 1.29 is 18.5 Å². The van der Waals surface area contributed by atoms with Gasteiger partial charge < -0.3 is 19.0 Å². The number of rotatable bonds is 5. The first-order valence-corrected chi connectivity index (χ1v) is 8.59. The Labute approximate surface area is 150 Å². The van der Waals surface area contributed by atoms with Gasteiger partial charge in [-0.1, -0.05) is 17.3 Å². The average Bonchev–Trinajstić information content (AvgIpc) is 3.29. The lowest BCUT2D eigenvalue weighted by molar-refractivity contribution is 0.0927. The molecular weight excluding hydrogens is 334 g/mol. The fraction of sp³-hybridized carbons (Fsp3) is 0.316. The first-order chi connectivity index (χ1) is 12.7. The van der Waals surface area contributed by atoms with Crippen molar-refractivity contribution in [3.05, 3.63) is 65.2 Å². The molecule has 0 spiro atoms. The third-order valence-electron chi connectivity index (χ3n) is 4.42. The zero-order valence-corrected chi connectivity index (χ0v) is 14.4. The molecule has 0 aliphatic heterocycles. The number of carbonyl (C=O) groups is 1. The normalized spacial score (nSPS) is 16.1. The number of benzene rings is 1. The third kappa shape index (κ3) is 3.33. The van der Waals surface area contributed by atoms with Crippen LogP contribution in [0.5, 0.6) is 5.75 Å². The molecule has 7 nitrogen and oxygen atoms in total. The first kappa shape index (κ1) is 16.4. The van der Waals surface area contributed by atoms with Gasteiger partial charge in [0.15, 0.2) is 6.61 Å². The van der Waals surface area contributed by atoms with Crippen molar-refractivity contribution in [2.45, 2.75) is 38.8 Å². The van der Waals surface area contributed by atoms with Crippen LogP contribution in [0.3, 0.4) is 0 Å². The second-order valence-electron chi connectivity index (χ2n) is 6.23. The first-order valence-electron chi connectivity index (χ1n) is 8.59. The van der Waals surface area contributed by atoms with E-state index in [1.54, 1.807) is 25.3 Å². The van der Waals surface area contributed by atoms with Crippen LogP contribution >= 0.6 is 0 Å². The third-order valence-corrected chi connectivity index (χ3v) is 4.42. The lowest BCUT2D eigenvalue weighted by Gasteiger charge is -2.23. The summed E-state index contributed by atoms with van der Waals surface area (Å²) in [6, 6.07) is 9.02. The summed E-state index contributed by atoms with van der Waals surface area (Å²) in [6.45, 7) is 1.85. The Morgan fingerprint density at radius 3 is 3.08 bits per heavy atom. The van der Waals surface area contributed by atoms with Gasteiger partial charge in [0.05, 0.1) is 17.9 Å². The number of carbonyl (C=O) groups excluding carboxylic acids is 1. The van der Waals surface area contributed by atoms with Crippen molar-refractivity contribution in [3.8, 4) is 5.75 Å². The number of aromatic nitrogens is 2. The maximum atomic E-state index is 12.8. The van der Waals surface area contributed by atoms with Crippen LogP contribution in [0.2, 0.25) is 0 Å². The van der Waals surface area contributed by atoms with E-state index < -0.39 is 0 Å². The van der Waals surface area contributed by atoms with Crippen molar-refractivity contribution in [1.29, 1.82) is 0 Å². The molecule has 1 atom stereocenters. The van der Waals surface area contributed by atoms with E-state index in [1.807, 2.05) is 18.2 Å². The Bertz CT molecular complexity index is 915. The standard InChI is InChI=1S/C19H19N3O4/c1-12-20-18(22-26-12)11-25-17-7-3-2-5-14(17)19(23)21-15-6-4-8-16-13(15)9-10-24-16/h2-3,5,7,9-10,15H,4,6,8,11H2,1H3,(H,21,23). The van der Waals surface area contributed by atoms with Gasteiger partial charge in [0.1, 0.15) is 11.5 Å². The molecule has 1 aliphatic rings. The number of aryl methyl sites for hydroxylation is 2. The zero-order valence-electron chi connectivity index (χ0n) is 14.4. The van der Waals surface area contributed by atoms with E-state index in [0.29, 0.717) is 23.0 Å². The molecule has 1 unspecified atom stereocenters. The topological polar surface area (TPSA) is 90.4 Å². The van der Waals surface area contributed by atoms with Crippen LogP contribution in [0.15, 0.2) is 45.5 Å². The molecular formula is C19H19N3O4. The number of amides is 1. The van der Waals surface area contributed by atoms with E-state index in [4.69, 9.17) is 13.7 Å². The van der Waals surface area contributed by atoms with Gasteiger partial charge in [-0.15, -0.1) is 0 Å². The van der Waals surface area contributed by atoms with Gasteiger partial charge in [0.25, 0.3) is 5.91 Å². The Morgan fingerprint density at radius 2 is 2.23 bits per heavy atom. The number of furan rings is 1. The number of fused-ring (bicyclic) bond motifs is 1. The second kappa shape index (κ2) is 7.03. The van der Waals surface area contributed by atoms with Gasteiger partial charge in [-0.3, -0.25) is 4.79 Å². The van der Waals surface area contributed by atoms with Crippen molar-refractivity contribution in [2.75, 3.05) is 0 Å². The molecule has 26 heavy (non-hydrogen) atoms. The van der Waals surface area contributed by atoms with Crippen LogP contribution < -0.4 is 10.1 Å². The van der Waals surface area contributed by atoms with E-state index in [-0.39, 0.29) is 18.6 Å². The Kier molecular flexibility index (Phi) is 4.43. The van der Waals surface area contributed by atoms with Gasteiger partial charge in [0.2, 0.25) is 11.7 Å². The minimum Gasteiger partial charge on any atom is -0.485 e. The highest BCUT2D eigenvalue weighted by atomic mass is 16.5. The molecule has 0 saturated carbocycles. The molecule has 0 saturated heterocycles. The fourth-order valence-corrected chi connectivity index (χ4v) is 3.19. The van der Waals surface area contributed by atoms with E-state index in [2.05, 4.69) is 15.5 Å². The predicted octanol–water partition coefficient (Wildman–Crippen LogP) is 3.36. The van der Waals surface area contributed by atoms with E-state index in [9.17, 15) is 4.79 Å². The molecule has 7 heteroatoms. The highest BCUT2D eigenvalue weighted by Gasteiger charge is 2.25. The van der Waals surface area contributed by atoms with E-state index in [0.717, 1.165) is 30.6 Å². The van der Waals surface area contributed by atoms with Crippen LogP contribution in [0.25, 0.3) is 0 Å². The summed E-state index contributed by atoms with van der Waals surface area (Å²) in [7, 11) is 0. The van der Waals surface area contributed by atoms with Gasteiger partial charge >= 0.3 is 0 Å². The quantitative estimate of drug-likeness (QED) is 0.756. The predicted molar refractivity (Wildman–Crippen MR) is 91.7 cm³/mol. The molecule has 0 radical (unpaired) electrons. The highest BCUT2D eigenvalue weighted by Crippen LogP contribution is 2.31. The zero-order chi connectivity index (χ0) is 17.9. The maximum Gasteiger partial charge on any atom is 0.255 e. The van der Waals surface area contributed by atoms with Gasteiger partial charge in [-0.2, -0.15) is 4.98 Å². The number of para-hydroxylation sites is 1. The smallest absolute Gasteiger partial charge is 0.255 e. The van der Waals surface area contributed by atoms with E-state index in [1.165, 1.54) is 0 Å². The summed E-state index contributed by atoms with van der Waals surface area (Å²) < 4.78 is 16.2. The molecule has 0 bridgehead atoms. The molecule has 1 aromatic carbocycles. The van der Waals surface area contributed by atoms with Gasteiger partial charge in [-0.25, -0.2) is 0 Å². The molecule has 3 aromatic rings. The van der Waals surface area contributed by atoms with Gasteiger partial charge in [0, 0.05) is 18.9 Å². The summed E-state index contributed by atoms with van der Waals surface area (Å²) in [5, 5.41) is 6.89. The number of hydrogen-bond acceptors (Lipinski definition) is 6. The molecule has 1 amide bonds. The summed E-state index contributed by atoms with van der Waals surface area (Å²) in [4.78, 5) is 16.9. The number of nitrogens with one attached hydrogen (secondary N) is 1. The van der Waals surface area contributed by atoms with E-state index >= 15 is 0 Å². The minimum atomic E-state index is -0.177. The van der Waals surface area contributed by atoms with Crippen LogP contribution in [-0.4, -0.2) is 16.0 Å². The van der Waals surface area contributed by atoms with Crippen molar-refractivity contribution in [1.82, 2.24) is 15.5 Å². The van der Waals surface area contributed by atoms with Crippen LogP contribution in [0, 0.1) is 6.92 Å². The van der Waals surface area contributed by atoms with Crippen LogP contribution in [0.4, 0.5) is 0 Å². The fourth-order valence-electron chi connectivity index (χ4n) is 3.19. The highest BCUT2D eigenvalue weighted by molar-refractivity contribution is 5.97. The SMILES string of the molecule is Cc1nc(COc2ccccc2C(=O)NC2CCCc3occc32)no1. The summed E-state index contributed by atoms with van der Waals surface area (Å²) in [6.07, 6.45) is 4.47. The lowest BCUT2D eigenvalue weighted by atomic mass is 9.93. The number of ether oxygens (including phenoxy) is 1. The molecule has 4 rings (SSSR count). The monoisotopic (exact) mass is 353 g/mol. The molecule has 134 valence electrons. The summed E-state index contributed by atoms with van der Waals surface area (Å²) in [5.41, 5.74) is 1.54. The molecule has 1 N–H and O–H groups in total. The average molecular weight is 353 g/mol. The van der Waals surface area contributed by atoms with Crippen molar-refractivity contribution in [3.63, 3.8) is 0 Å². The molecule has 0 fully saturated rings. The van der Waals surface area contributed by atoms with Crippen LogP contribution in [-0.2, 0) is 13.0 Å².